The molecular formula is C21H20FN3O4S. The second-order valence-corrected chi connectivity index (χ2v) is 8.12. The second kappa shape index (κ2) is 8.91. The maximum absolute atomic E-state index is 13.1. The Kier molecular flexibility index (Phi) is 6.31. The van der Waals surface area contributed by atoms with Crippen LogP contribution in [0.5, 0.6) is 5.75 Å². The van der Waals surface area contributed by atoms with Gasteiger partial charge in [-0.3, -0.25) is 14.5 Å². The van der Waals surface area contributed by atoms with Gasteiger partial charge in [-0.05, 0) is 29.8 Å². The number of carbonyl (C=O) groups is 1. The third-order valence-corrected chi connectivity index (χ3v) is 5.76. The van der Waals surface area contributed by atoms with Crippen LogP contribution in [0.1, 0.15) is 15.9 Å². The number of nitrogens with one attached hydrogen (secondary N) is 1. The predicted molar refractivity (Wildman–Crippen MR) is 110 cm³/mol. The summed E-state index contributed by atoms with van der Waals surface area (Å²) < 4.78 is 46.7. The molecule has 2 aromatic carbocycles. The minimum Gasteiger partial charge on any atom is -0.494 e. The van der Waals surface area contributed by atoms with Crippen LogP contribution >= 0.6 is 0 Å². The first kappa shape index (κ1) is 21.3. The van der Waals surface area contributed by atoms with Gasteiger partial charge in [-0.25, -0.2) is 12.8 Å². The van der Waals surface area contributed by atoms with Crippen molar-refractivity contribution in [2.75, 3.05) is 18.9 Å². The molecule has 0 aliphatic rings. The van der Waals surface area contributed by atoms with E-state index < -0.39 is 15.9 Å². The van der Waals surface area contributed by atoms with Crippen LogP contribution in [0.3, 0.4) is 0 Å². The van der Waals surface area contributed by atoms with Gasteiger partial charge in [0.25, 0.3) is 15.9 Å². The molecule has 7 nitrogen and oxygen atoms in total. The molecule has 0 spiro atoms. The number of methoxy groups -OCH3 is 1. The number of hydrogen-bond acceptors (Lipinski definition) is 5. The van der Waals surface area contributed by atoms with Gasteiger partial charge in [0, 0.05) is 25.9 Å². The van der Waals surface area contributed by atoms with E-state index in [4.69, 9.17) is 4.74 Å². The molecule has 1 aromatic heterocycles. The minimum absolute atomic E-state index is 0.0115. The maximum atomic E-state index is 13.1. The largest absolute Gasteiger partial charge is 0.494 e. The van der Waals surface area contributed by atoms with Gasteiger partial charge in [-0.15, -0.1) is 0 Å². The molecule has 3 rings (SSSR count). The minimum atomic E-state index is -4.10. The molecule has 0 aliphatic heterocycles. The van der Waals surface area contributed by atoms with Gasteiger partial charge in [-0.1, -0.05) is 24.3 Å². The van der Waals surface area contributed by atoms with Crippen molar-refractivity contribution < 1.29 is 22.3 Å². The van der Waals surface area contributed by atoms with Gasteiger partial charge in [0.15, 0.2) is 0 Å². The number of hydrogen-bond donors (Lipinski definition) is 1. The zero-order valence-electron chi connectivity index (χ0n) is 16.4. The third-order valence-electron chi connectivity index (χ3n) is 4.33. The van der Waals surface area contributed by atoms with Crippen molar-refractivity contribution in [3.05, 3.63) is 83.9 Å². The lowest BCUT2D eigenvalue weighted by Crippen LogP contribution is -2.28. The van der Waals surface area contributed by atoms with Crippen molar-refractivity contribution >= 4 is 21.6 Å². The van der Waals surface area contributed by atoms with E-state index in [-0.39, 0.29) is 28.5 Å². The van der Waals surface area contributed by atoms with Crippen LogP contribution in [-0.2, 0) is 16.6 Å². The Hall–Kier alpha value is -3.46. The Labute approximate surface area is 174 Å². The Morgan fingerprint density at radius 1 is 1.13 bits per heavy atom. The molecule has 0 radical (unpaired) electrons. The van der Waals surface area contributed by atoms with E-state index in [0.29, 0.717) is 11.3 Å². The molecule has 0 saturated carbocycles. The van der Waals surface area contributed by atoms with Crippen LogP contribution in [0.2, 0.25) is 0 Å². The normalized spacial score (nSPS) is 11.0. The van der Waals surface area contributed by atoms with Gasteiger partial charge in [0.05, 0.1) is 18.9 Å². The molecular weight excluding hydrogens is 409 g/mol. The number of ether oxygens (including phenoxy) is 1. The summed E-state index contributed by atoms with van der Waals surface area (Å²) in [6.07, 6.45) is 2.79. The lowest BCUT2D eigenvalue weighted by Gasteiger charge is -2.19. The molecule has 0 saturated heterocycles. The number of carbonyl (C=O) groups excluding carboxylic acids is 1. The van der Waals surface area contributed by atoms with Crippen molar-refractivity contribution in [1.29, 1.82) is 0 Å². The van der Waals surface area contributed by atoms with E-state index in [1.54, 1.807) is 25.2 Å². The molecule has 156 valence electrons. The van der Waals surface area contributed by atoms with Crippen molar-refractivity contribution in [2.24, 2.45) is 0 Å². The molecule has 0 fully saturated rings. The SMILES string of the molecule is COc1ccncc1NS(=O)(=O)c1ccccc1C(=O)N(C)Cc1ccc(F)cc1. The van der Waals surface area contributed by atoms with Crippen LogP contribution in [-0.4, -0.2) is 38.4 Å². The molecule has 3 aromatic rings. The van der Waals surface area contributed by atoms with Crippen LogP contribution in [0.15, 0.2) is 71.9 Å². The number of sulfonamides is 1. The molecule has 1 heterocycles. The van der Waals surface area contributed by atoms with Crippen molar-refractivity contribution in [3.63, 3.8) is 0 Å². The number of halogens is 1. The second-order valence-electron chi connectivity index (χ2n) is 6.47. The average Bonchev–Trinajstić information content (AvgIpc) is 2.75. The molecule has 0 unspecified atom stereocenters. The fourth-order valence-electron chi connectivity index (χ4n) is 2.85. The van der Waals surface area contributed by atoms with Gasteiger partial charge in [0.1, 0.15) is 22.1 Å². The number of benzene rings is 2. The van der Waals surface area contributed by atoms with Gasteiger partial charge >= 0.3 is 0 Å². The lowest BCUT2D eigenvalue weighted by atomic mass is 10.1. The Morgan fingerprint density at radius 3 is 2.53 bits per heavy atom. The number of nitrogens with zero attached hydrogens (tertiary/aromatic N) is 2. The fourth-order valence-corrected chi connectivity index (χ4v) is 4.11. The van der Waals surface area contributed by atoms with E-state index in [9.17, 15) is 17.6 Å². The average molecular weight is 429 g/mol. The number of anilines is 1. The van der Waals surface area contributed by atoms with Crippen LogP contribution in [0.25, 0.3) is 0 Å². The quantitative estimate of drug-likeness (QED) is 0.623. The first-order valence-electron chi connectivity index (χ1n) is 8.91. The Balaban J connectivity index is 1.89. The molecule has 0 aliphatic carbocycles. The van der Waals surface area contributed by atoms with Crippen molar-refractivity contribution in [1.82, 2.24) is 9.88 Å². The summed E-state index contributed by atoms with van der Waals surface area (Å²) in [6.45, 7) is 0.192. The topological polar surface area (TPSA) is 88.6 Å². The van der Waals surface area contributed by atoms with Gasteiger partial charge in [-0.2, -0.15) is 0 Å². The smallest absolute Gasteiger partial charge is 0.262 e. The number of rotatable bonds is 7. The summed E-state index contributed by atoms with van der Waals surface area (Å²) in [6, 6.07) is 13.2. The van der Waals surface area contributed by atoms with E-state index in [1.165, 1.54) is 60.8 Å². The molecule has 0 atom stereocenters. The lowest BCUT2D eigenvalue weighted by molar-refractivity contribution is 0.0781. The summed E-state index contributed by atoms with van der Waals surface area (Å²) in [7, 11) is -1.14. The summed E-state index contributed by atoms with van der Waals surface area (Å²) in [5, 5.41) is 0. The molecule has 1 N–H and O–H groups in total. The highest BCUT2D eigenvalue weighted by molar-refractivity contribution is 7.92. The number of aromatic nitrogens is 1. The zero-order valence-corrected chi connectivity index (χ0v) is 17.2. The Morgan fingerprint density at radius 2 is 1.83 bits per heavy atom. The predicted octanol–water partition coefficient (Wildman–Crippen LogP) is 3.30. The number of pyridine rings is 1. The highest BCUT2D eigenvalue weighted by atomic mass is 32.2. The number of amides is 1. The molecule has 0 bridgehead atoms. The fraction of sp³-hybridized carbons (Fsp3) is 0.143. The van der Waals surface area contributed by atoms with Crippen molar-refractivity contribution in [3.8, 4) is 5.75 Å². The van der Waals surface area contributed by atoms with Gasteiger partial charge < -0.3 is 9.64 Å². The van der Waals surface area contributed by atoms with E-state index in [0.717, 1.165) is 0 Å². The highest BCUT2D eigenvalue weighted by Gasteiger charge is 2.25. The van der Waals surface area contributed by atoms with Crippen molar-refractivity contribution in [2.45, 2.75) is 11.4 Å². The molecule has 1 amide bonds. The van der Waals surface area contributed by atoms with Gasteiger partial charge in [0.2, 0.25) is 0 Å². The summed E-state index contributed by atoms with van der Waals surface area (Å²) >= 11 is 0. The van der Waals surface area contributed by atoms with Crippen LogP contribution < -0.4 is 9.46 Å². The van der Waals surface area contributed by atoms with Crippen LogP contribution in [0.4, 0.5) is 10.1 Å². The summed E-state index contributed by atoms with van der Waals surface area (Å²) in [5.74, 6) is -0.565. The summed E-state index contributed by atoms with van der Waals surface area (Å²) in [4.78, 5) is 18.1. The van der Waals surface area contributed by atoms with E-state index in [2.05, 4.69) is 9.71 Å². The third kappa shape index (κ3) is 4.74. The van der Waals surface area contributed by atoms with Crippen LogP contribution in [0, 0.1) is 5.82 Å². The first-order valence-corrected chi connectivity index (χ1v) is 10.4. The molecule has 30 heavy (non-hydrogen) atoms. The monoisotopic (exact) mass is 429 g/mol. The van der Waals surface area contributed by atoms with E-state index in [1.807, 2.05) is 0 Å². The highest BCUT2D eigenvalue weighted by Crippen LogP contribution is 2.27. The Bertz CT molecular complexity index is 1150. The first-order chi connectivity index (χ1) is 14.3. The zero-order chi connectivity index (χ0) is 21.7. The van der Waals surface area contributed by atoms with E-state index >= 15 is 0 Å². The summed E-state index contributed by atoms with van der Waals surface area (Å²) in [5.41, 5.74) is 0.880. The standard InChI is InChI=1S/C21H20FN3O4S/c1-25(14-15-7-9-16(22)10-8-15)21(26)17-5-3-4-6-20(17)30(27,28)24-18-13-23-12-11-19(18)29-2/h3-13,24H,14H2,1-2H3. The maximum Gasteiger partial charge on any atom is 0.262 e. The molecule has 9 heteroatoms.